The topological polar surface area (TPSA) is 68.8 Å². The lowest BCUT2D eigenvalue weighted by Crippen LogP contribution is -2.39. The number of nitrogens with two attached hydrogens (primary N) is 1. The molecule has 80 valence electrons. The van der Waals surface area contributed by atoms with Crippen LogP contribution in [0.2, 0.25) is 0 Å². The zero-order chi connectivity index (χ0) is 10.8. The van der Waals surface area contributed by atoms with E-state index in [-0.39, 0.29) is 11.5 Å². The number of hydrogen-bond donors (Lipinski definition) is 2. The van der Waals surface area contributed by atoms with Crippen LogP contribution >= 0.6 is 0 Å². The van der Waals surface area contributed by atoms with Gasteiger partial charge in [0.15, 0.2) is 0 Å². The largest absolute Gasteiger partial charge is 0.271 e. The summed E-state index contributed by atoms with van der Waals surface area (Å²) in [4.78, 5) is 0. The molecular weight excluding hydrogens is 178 g/mol. The molecule has 0 bridgehead atoms. The quantitative estimate of drug-likeness (QED) is 0.552. The molecule has 0 saturated carbocycles. The van der Waals surface area contributed by atoms with E-state index in [1.165, 1.54) is 0 Å². The number of hydrogen-bond acceptors (Lipinski definition) is 4. The highest BCUT2D eigenvalue weighted by atomic mass is 15.4. The lowest BCUT2D eigenvalue weighted by atomic mass is 9.80. The van der Waals surface area contributed by atoms with Crippen molar-refractivity contribution < 1.29 is 0 Å². The van der Waals surface area contributed by atoms with Crippen molar-refractivity contribution in [2.75, 3.05) is 0 Å². The van der Waals surface area contributed by atoms with Gasteiger partial charge in [-0.1, -0.05) is 26.0 Å². The Morgan fingerprint density at radius 1 is 1.64 bits per heavy atom. The Balaban J connectivity index is 2.99. The number of aryl methyl sites for hydroxylation is 1. The maximum Gasteiger partial charge on any atom is 0.0772 e. The van der Waals surface area contributed by atoms with Crippen molar-refractivity contribution in [3.63, 3.8) is 0 Å². The van der Waals surface area contributed by atoms with Crippen molar-refractivity contribution in [1.82, 2.24) is 20.4 Å². The highest BCUT2D eigenvalue weighted by Gasteiger charge is 2.30. The molecule has 3 N–H and O–H groups in total. The molecule has 1 atom stereocenters. The van der Waals surface area contributed by atoms with Crippen LogP contribution in [-0.4, -0.2) is 15.0 Å². The Bertz CT molecular complexity index is 291. The summed E-state index contributed by atoms with van der Waals surface area (Å²) >= 11 is 0. The van der Waals surface area contributed by atoms with Crippen LogP contribution in [0.4, 0.5) is 0 Å². The van der Waals surface area contributed by atoms with Crippen LogP contribution in [0.3, 0.4) is 0 Å². The highest BCUT2D eigenvalue weighted by Crippen LogP contribution is 2.34. The first-order valence-electron chi connectivity index (χ1n) is 4.83. The molecule has 0 aliphatic heterocycles. The molecule has 0 saturated heterocycles. The van der Waals surface area contributed by atoms with E-state index in [0.717, 1.165) is 12.1 Å². The minimum atomic E-state index is 0.0764. The molecule has 0 spiro atoms. The van der Waals surface area contributed by atoms with E-state index < -0.39 is 0 Å². The Kier molecular flexibility index (Phi) is 3.23. The fraction of sp³-hybridized carbons (Fsp3) is 0.778. The van der Waals surface area contributed by atoms with E-state index in [2.05, 4.69) is 36.5 Å². The average molecular weight is 197 g/mol. The van der Waals surface area contributed by atoms with Gasteiger partial charge in [-0.05, 0) is 11.8 Å². The molecule has 0 radical (unpaired) electrons. The minimum absolute atomic E-state index is 0.0764. The summed E-state index contributed by atoms with van der Waals surface area (Å²) in [6.45, 7) is 6.49. The van der Waals surface area contributed by atoms with Crippen LogP contribution in [0.25, 0.3) is 0 Å². The maximum atomic E-state index is 5.58. The van der Waals surface area contributed by atoms with Crippen LogP contribution in [-0.2, 0) is 7.05 Å². The third-order valence-electron chi connectivity index (χ3n) is 2.90. The van der Waals surface area contributed by atoms with Crippen molar-refractivity contribution in [2.45, 2.75) is 33.2 Å². The monoisotopic (exact) mass is 197 g/mol. The molecule has 1 unspecified atom stereocenters. The molecule has 5 heteroatoms. The van der Waals surface area contributed by atoms with Gasteiger partial charge >= 0.3 is 0 Å². The second-order valence-electron chi connectivity index (χ2n) is 4.22. The summed E-state index contributed by atoms with van der Waals surface area (Å²) in [5.74, 6) is 5.58. The van der Waals surface area contributed by atoms with Gasteiger partial charge in [0.05, 0.1) is 17.9 Å². The summed E-state index contributed by atoms with van der Waals surface area (Å²) in [5.41, 5.74) is 3.94. The van der Waals surface area contributed by atoms with E-state index in [1.54, 1.807) is 10.9 Å². The molecule has 1 rings (SSSR count). The van der Waals surface area contributed by atoms with Crippen molar-refractivity contribution in [1.29, 1.82) is 0 Å². The zero-order valence-corrected chi connectivity index (χ0v) is 9.28. The lowest BCUT2D eigenvalue weighted by molar-refractivity contribution is 0.226. The van der Waals surface area contributed by atoms with E-state index in [4.69, 9.17) is 5.84 Å². The Morgan fingerprint density at radius 3 is 2.64 bits per heavy atom. The third-order valence-corrected chi connectivity index (χ3v) is 2.90. The summed E-state index contributed by atoms with van der Waals surface area (Å²) in [7, 11) is 1.87. The molecule has 0 aliphatic rings. The van der Waals surface area contributed by atoms with Crippen LogP contribution in [0.1, 0.15) is 38.9 Å². The third kappa shape index (κ3) is 1.93. The van der Waals surface area contributed by atoms with Gasteiger partial charge in [-0.3, -0.25) is 16.0 Å². The van der Waals surface area contributed by atoms with Gasteiger partial charge in [0.25, 0.3) is 0 Å². The summed E-state index contributed by atoms with van der Waals surface area (Å²) in [6, 6.07) is 0.0764. The number of rotatable bonds is 4. The number of nitrogens with one attached hydrogen (secondary N) is 1. The van der Waals surface area contributed by atoms with Gasteiger partial charge in [-0.15, -0.1) is 5.10 Å². The lowest BCUT2D eigenvalue weighted by Gasteiger charge is -2.32. The predicted molar refractivity (Wildman–Crippen MR) is 55.1 cm³/mol. The van der Waals surface area contributed by atoms with Crippen LogP contribution in [0.5, 0.6) is 0 Å². The van der Waals surface area contributed by atoms with Crippen LogP contribution in [0.15, 0.2) is 6.20 Å². The zero-order valence-electron chi connectivity index (χ0n) is 9.28. The Labute approximate surface area is 84.6 Å². The molecule has 0 aliphatic carbocycles. The maximum absolute atomic E-state index is 5.58. The van der Waals surface area contributed by atoms with Crippen LogP contribution < -0.4 is 11.3 Å². The SMILES string of the molecule is CCC(C)(C)C(NN)c1cnnn1C. The molecule has 0 aromatic carbocycles. The Hall–Kier alpha value is -0.940. The van der Waals surface area contributed by atoms with Gasteiger partial charge in [-0.2, -0.15) is 0 Å². The molecule has 0 amide bonds. The highest BCUT2D eigenvalue weighted by molar-refractivity contribution is 5.06. The fourth-order valence-electron chi connectivity index (χ4n) is 1.47. The van der Waals surface area contributed by atoms with Crippen molar-refractivity contribution in [3.8, 4) is 0 Å². The van der Waals surface area contributed by atoms with Crippen molar-refractivity contribution >= 4 is 0 Å². The number of nitrogens with zero attached hydrogens (tertiary/aromatic N) is 3. The molecule has 0 fully saturated rings. The fourth-order valence-corrected chi connectivity index (χ4v) is 1.47. The van der Waals surface area contributed by atoms with Crippen molar-refractivity contribution in [3.05, 3.63) is 11.9 Å². The van der Waals surface area contributed by atoms with E-state index in [9.17, 15) is 0 Å². The normalized spacial score (nSPS) is 14.4. The first kappa shape index (κ1) is 11.1. The summed E-state index contributed by atoms with van der Waals surface area (Å²) < 4.78 is 1.75. The van der Waals surface area contributed by atoms with Crippen molar-refractivity contribution in [2.24, 2.45) is 18.3 Å². The summed E-state index contributed by atoms with van der Waals surface area (Å²) in [6.07, 6.45) is 2.79. The van der Waals surface area contributed by atoms with Gasteiger partial charge in [0.2, 0.25) is 0 Å². The smallest absolute Gasteiger partial charge is 0.0772 e. The van der Waals surface area contributed by atoms with Gasteiger partial charge in [-0.25, -0.2) is 0 Å². The van der Waals surface area contributed by atoms with Gasteiger partial charge < -0.3 is 0 Å². The minimum Gasteiger partial charge on any atom is -0.271 e. The van der Waals surface area contributed by atoms with E-state index in [1.807, 2.05) is 7.05 Å². The first-order chi connectivity index (χ1) is 6.53. The molecule has 1 aromatic rings. The number of aromatic nitrogens is 3. The predicted octanol–water partition coefficient (Wildman–Crippen LogP) is 0.756. The summed E-state index contributed by atoms with van der Waals surface area (Å²) in [5, 5.41) is 7.76. The van der Waals surface area contributed by atoms with Gasteiger partial charge in [0.1, 0.15) is 0 Å². The van der Waals surface area contributed by atoms with E-state index >= 15 is 0 Å². The average Bonchev–Trinajstić information content (AvgIpc) is 2.53. The molecule has 1 aromatic heterocycles. The molecule has 1 heterocycles. The van der Waals surface area contributed by atoms with Gasteiger partial charge in [0, 0.05) is 7.05 Å². The molecule has 14 heavy (non-hydrogen) atoms. The number of hydrazine groups is 1. The molecular formula is C9H19N5. The first-order valence-corrected chi connectivity index (χ1v) is 4.83. The molecule has 5 nitrogen and oxygen atoms in total. The van der Waals surface area contributed by atoms with Crippen LogP contribution in [0, 0.1) is 5.41 Å². The standard InChI is InChI=1S/C9H19N5/c1-5-9(2,3)8(12-10)7-6-11-13-14(7)4/h6,8,12H,5,10H2,1-4H3. The Morgan fingerprint density at radius 2 is 2.29 bits per heavy atom. The second-order valence-corrected chi connectivity index (χ2v) is 4.22. The second kappa shape index (κ2) is 4.06. The van der Waals surface area contributed by atoms with E-state index in [0.29, 0.717) is 0 Å².